The van der Waals surface area contributed by atoms with Crippen molar-refractivity contribution in [1.82, 2.24) is 9.97 Å². The van der Waals surface area contributed by atoms with Crippen LogP contribution < -0.4 is 0 Å². The Kier molecular flexibility index (Phi) is 2.88. The van der Waals surface area contributed by atoms with E-state index >= 15 is 0 Å². The Balaban J connectivity index is 2.04. The summed E-state index contributed by atoms with van der Waals surface area (Å²) in [5, 5.41) is 0. The van der Waals surface area contributed by atoms with E-state index in [9.17, 15) is 4.39 Å². The highest BCUT2D eigenvalue weighted by Crippen LogP contribution is 2.29. The Morgan fingerprint density at radius 1 is 1.41 bits per heavy atom. The summed E-state index contributed by atoms with van der Waals surface area (Å²) >= 11 is 3.16. The van der Waals surface area contributed by atoms with Crippen LogP contribution in [-0.4, -0.2) is 16.6 Å². The molecule has 3 nitrogen and oxygen atoms in total. The van der Waals surface area contributed by atoms with Crippen LogP contribution in [0.1, 0.15) is 31.2 Å². The van der Waals surface area contributed by atoms with E-state index in [0.717, 1.165) is 37.2 Å². The van der Waals surface area contributed by atoms with E-state index in [0.29, 0.717) is 9.99 Å². The number of benzene rings is 1. The molecule has 90 valence electrons. The topological polar surface area (TPSA) is 37.9 Å². The zero-order valence-electron chi connectivity index (χ0n) is 9.17. The third-order valence-corrected chi connectivity index (χ3v) is 3.66. The van der Waals surface area contributed by atoms with Gasteiger partial charge in [0.1, 0.15) is 17.4 Å². The number of fused-ring (bicyclic) bond motifs is 1. The number of ether oxygens (including phenoxy) is 1. The second kappa shape index (κ2) is 4.38. The van der Waals surface area contributed by atoms with Crippen LogP contribution in [0.15, 0.2) is 16.6 Å². The number of hydrogen-bond acceptors (Lipinski definition) is 2. The van der Waals surface area contributed by atoms with Gasteiger partial charge in [0.2, 0.25) is 0 Å². The largest absolute Gasteiger partial charge is 0.370 e. The number of aromatic amines is 1. The predicted molar refractivity (Wildman–Crippen MR) is 66.3 cm³/mol. The summed E-state index contributed by atoms with van der Waals surface area (Å²) in [6.45, 7) is 0.758. The lowest BCUT2D eigenvalue weighted by Crippen LogP contribution is -2.12. The number of nitrogens with zero attached hydrogens (tertiary/aromatic N) is 1. The molecule has 1 fully saturated rings. The van der Waals surface area contributed by atoms with Crippen LogP contribution >= 0.6 is 15.9 Å². The van der Waals surface area contributed by atoms with Gasteiger partial charge in [0.15, 0.2) is 5.82 Å². The highest BCUT2D eigenvalue weighted by molar-refractivity contribution is 9.10. The number of hydrogen-bond donors (Lipinski definition) is 1. The Hall–Kier alpha value is -0.940. The van der Waals surface area contributed by atoms with Gasteiger partial charge in [-0.15, -0.1) is 0 Å². The molecule has 1 aromatic carbocycles. The fourth-order valence-corrected chi connectivity index (χ4v) is 2.47. The third-order valence-electron chi connectivity index (χ3n) is 3.05. The molecule has 0 amide bonds. The number of nitrogens with one attached hydrogen (secondary N) is 1. The van der Waals surface area contributed by atoms with E-state index in [4.69, 9.17) is 4.74 Å². The summed E-state index contributed by atoms with van der Waals surface area (Å²) in [6.07, 6.45) is 3.15. The Bertz CT molecular complexity index is 549. The van der Waals surface area contributed by atoms with Gasteiger partial charge < -0.3 is 9.72 Å². The lowest BCUT2D eigenvalue weighted by atomic mass is 10.1. The average molecular weight is 299 g/mol. The first kappa shape index (κ1) is 11.2. The minimum absolute atomic E-state index is 0.0191. The zero-order chi connectivity index (χ0) is 11.8. The molecule has 1 saturated heterocycles. The van der Waals surface area contributed by atoms with Gasteiger partial charge in [0.05, 0.1) is 9.99 Å². The van der Waals surface area contributed by atoms with E-state index in [-0.39, 0.29) is 11.9 Å². The summed E-state index contributed by atoms with van der Waals surface area (Å²) in [7, 11) is 0. The van der Waals surface area contributed by atoms with Gasteiger partial charge in [0.25, 0.3) is 0 Å². The number of rotatable bonds is 1. The molecule has 1 atom stereocenters. The van der Waals surface area contributed by atoms with E-state index < -0.39 is 0 Å². The van der Waals surface area contributed by atoms with Gasteiger partial charge in [-0.05, 0) is 47.3 Å². The summed E-state index contributed by atoms with van der Waals surface area (Å²) in [5.74, 6) is 0.414. The zero-order valence-corrected chi connectivity index (χ0v) is 10.8. The quantitative estimate of drug-likeness (QED) is 0.871. The lowest BCUT2D eigenvalue weighted by Gasteiger charge is -2.20. The summed E-state index contributed by atoms with van der Waals surface area (Å²) < 4.78 is 19.9. The minimum Gasteiger partial charge on any atom is -0.370 e. The predicted octanol–water partition coefficient (Wildman–Crippen LogP) is 3.71. The van der Waals surface area contributed by atoms with E-state index in [1.54, 1.807) is 6.07 Å². The number of H-pyrrole nitrogens is 1. The van der Waals surface area contributed by atoms with Crippen LogP contribution in [0.4, 0.5) is 4.39 Å². The maximum Gasteiger partial charge on any atom is 0.165 e. The first-order valence-electron chi connectivity index (χ1n) is 5.71. The van der Waals surface area contributed by atoms with Crippen LogP contribution in [0.3, 0.4) is 0 Å². The summed E-state index contributed by atoms with van der Waals surface area (Å²) in [5.41, 5.74) is 1.10. The average Bonchev–Trinajstić information content (AvgIpc) is 2.80. The fraction of sp³-hybridized carbons (Fsp3) is 0.417. The molecule has 0 aliphatic carbocycles. The van der Waals surface area contributed by atoms with Gasteiger partial charge in [-0.1, -0.05) is 0 Å². The second-order valence-electron chi connectivity index (χ2n) is 4.23. The van der Waals surface area contributed by atoms with Crippen molar-refractivity contribution in [2.24, 2.45) is 0 Å². The number of imidazole rings is 1. The van der Waals surface area contributed by atoms with Gasteiger partial charge in [-0.25, -0.2) is 9.37 Å². The minimum atomic E-state index is -0.319. The van der Waals surface area contributed by atoms with Gasteiger partial charge in [-0.2, -0.15) is 0 Å². The van der Waals surface area contributed by atoms with Gasteiger partial charge in [-0.3, -0.25) is 0 Å². The van der Waals surface area contributed by atoms with Crippen molar-refractivity contribution in [1.29, 1.82) is 0 Å². The van der Waals surface area contributed by atoms with Gasteiger partial charge >= 0.3 is 0 Å². The van der Waals surface area contributed by atoms with Crippen molar-refractivity contribution >= 4 is 27.0 Å². The first-order valence-corrected chi connectivity index (χ1v) is 6.50. The van der Waals surface area contributed by atoms with Crippen molar-refractivity contribution in [2.45, 2.75) is 25.4 Å². The van der Waals surface area contributed by atoms with Crippen LogP contribution in [0.25, 0.3) is 11.0 Å². The van der Waals surface area contributed by atoms with E-state index in [2.05, 4.69) is 25.9 Å². The lowest BCUT2D eigenvalue weighted by molar-refractivity contribution is 0.0101. The van der Waals surface area contributed by atoms with Crippen LogP contribution in [-0.2, 0) is 4.74 Å². The SMILES string of the molecule is Fc1c(Br)ccc2[nH]c(C3CCCCO3)nc12. The standard InChI is InChI=1S/C12H12BrFN2O/c13-7-4-5-8-11(10(7)14)16-12(15-8)9-3-1-2-6-17-9/h4-5,9H,1-3,6H2,(H,15,16). The molecule has 0 radical (unpaired) electrons. The van der Waals surface area contributed by atoms with Crippen molar-refractivity contribution in [3.63, 3.8) is 0 Å². The first-order chi connectivity index (χ1) is 8.25. The molecular weight excluding hydrogens is 287 g/mol. The molecule has 0 saturated carbocycles. The second-order valence-corrected chi connectivity index (χ2v) is 5.09. The molecule has 3 rings (SSSR count). The van der Waals surface area contributed by atoms with E-state index in [1.807, 2.05) is 6.07 Å². The molecule has 1 unspecified atom stereocenters. The van der Waals surface area contributed by atoms with Crippen LogP contribution in [0, 0.1) is 5.82 Å². The summed E-state index contributed by atoms with van der Waals surface area (Å²) in [6, 6.07) is 3.50. The molecule has 1 aromatic heterocycles. The molecule has 2 aromatic rings. The molecule has 1 aliphatic rings. The molecule has 5 heteroatoms. The molecule has 1 aliphatic heterocycles. The molecule has 0 bridgehead atoms. The van der Waals surface area contributed by atoms with Crippen molar-refractivity contribution in [3.8, 4) is 0 Å². The molecule has 1 N–H and O–H groups in total. The summed E-state index contributed by atoms with van der Waals surface area (Å²) in [4.78, 5) is 7.45. The van der Waals surface area contributed by atoms with Crippen LogP contribution in [0.5, 0.6) is 0 Å². The highest BCUT2D eigenvalue weighted by atomic mass is 79.9. The van der Waals surface area contributed by atoms with Crippen molar-refractivity contribution in [2.75, 3.05) is 6.61 Å². The number of aromatic nitrogens is 2. The van der Waals surface area contributed by atoms with Gasteiger partial charge in [0, 0.05) is 6.61 Å². The Morgan fingerprint density at radius 2 is 2.29 bits per heavy atom. The third kappa shape index (κ3) is 1.98. The number of halogens is 2. The van der Waals surface area contributed by atoms with E-state index in [1.165, 1.54) is 0 Å². The smallest absolute Gasteiger partial charge is 0.165 e. The fourth-order valence-electron chi connectivity index (χ4n) is 2.15. The van der Waals surface area contributed by atoms with Crippen molar-refractivity contribution < 1.29 is 9.13 Å². The van der Waals surface area contributed by atoms with Crippen LogP contribution in [0.2, 0.25) is 0 Å². The monoisotopic (exact) mass is 298 g/mol. The molecule has 17 heavy (non-hydrogen) atoms. The molecule has 0 spiro atoms. The Morgan fingerprint density at radius 3 is 3.06 bits per heavy atom. The molecule has 2 heterocycles. The molecular formula is C12H12BrFN2O. The maximum absolute atomic E-state index is 13.8. The normalized spacial score (nSPS) is 20.9. The Labute approximate surface area is 107 Å². The maximum atomic E-state index is 13.8. The van der Waals surface area contributed by atoms with Crippen molar-refractivity contribution in [3.05, 3.63) is 28.2 Å². The highest BCUT2D eigenvalue weighted by Gasteiger charge is 2.20.